The van der Waals surface area contributed by atoms with Gasteiger partial charge in [0.25, 0.3) is 0 Å². The van der Waals surface area contributed by atoms with Crippen molar-refractivity contribution in [3.05, 3.63) is 17.1 Å². The van der Waals surface area contributed by atoms with Crippen LogP contribution in [0.25, 0.3) is 0 Å². The van der Waals surface area contributed by atoms with Crippen LogP contribution in [0.15, 0.2) is 0 Å². The number of nitrogen functional groups attached to an aromatic ring is 1. The molecule has 0 saturated heterocycles. The number of aromatic nitrogens is 2. The summed E-state index contributed by atoms with van der Waals surface area (Å²) in [5, 5.41) is 0. The van der Waals surface area contributed by atoms with Gasteiger partial charge in [0.05, 0.1) is 0 Å². The molecule has 1 aromatic rings. The zero-order valence-electron chi connectivity index (χ0n) is 11.4. The fourth-order valence-electron chi connectivity index (χ4n) is 2.29. The Bertz CT molecular complexity index is 418. The minimum absolute atomic E-state index is 0.0201. The standard InChI is InChI=1S/C13H22N4O/c1-4-10-8(3)15-13(16-12(10)17-14)11(18-5-2)9-6-7-9/h9,11H,4-7,14H2,1-3H3,(H,15,16,17). The molecule has 5 nitrogen and oxygen atoms in total. The highest BCUT2D eigenvalue weighted by Crippen LogP contribution is 2.42. The van der Waals surface area contributed by atoms with Gasteiger partial charge in [-0.3, -0.25) is 0 Å². The Kier molecular flexibility index (Phi) is 4.14. The highest BCUT2D eigenvalue weighted by molar-refractivity contribution is 5.45. The van der Waals surface area contributed by atoms with E-state index >= 15 is 0 Å². The lowest BCUT2D eigenvalue weighted by Gasteiger charge is -2.18. The Morgan fingerprint density at radius 1 is 1.39 bits per heavy atom. The van der Waals surface area contributed by atoms with E-state index in [-0.39, 0.29) is 6.10 Å². The fraction of sp³-hybridized carbons (Fsp3) is 0.692. The molecule has 1 fully saturated rings. The number of nitrogens with two attached hydrogens (primary N) is 1. The van der Waals surface area contributed by atoms with Gasteiger partial charge in [0.1, 0.15) is 11.9 Å². The predicted molar refractivity (Wildman–Crippen MR) is 71.0 cm³/mol. The molecule has 1 saturated carbocycles. The van der Waals surface area contributed by atoms with E-state index in [4.69, 9.17) is 10.6 Å². The van der Waals surface area contributed by atoms with E-state index < -0.39 is 0 Å². The smallest absolute Gasteiger partial charge is 0.160 e. The van der Waals surface area contributed by atoms with E-state index in [0.29, 0.717) is 12.5 Å². The van der Waals surface area contributed by atoms with Crippen LogP contribution in [0, 0.1) is 12.8 Å². The molecule has 1 aliphatic rings. The van der Waals surface area contributed by atoms with Gasteiger partial charge in [0.2, 0.25) is 0 Å². The molecule has 0 amide bonds. The Morgan fingerprint density at radius 3 is 2.61 bits per heavy atom. The molecule has 0 bridgehead atoms. The van der Waals surface area contributed by atoms with Crippen LogP contribution < -0.4 is 11.3 Å². The first-order valence-corrected chi connectivity index (χ1v) is 6.66. The second-order valence-corrected chi connectivity index (χ2v) is 4.71. The molecule has 0 spiro atoms. The van der Waals surface area contributed by atoms with Gasteiger partial charge >= 0.3 is 0 Å². The summed E-state index contributed by atoms with van der Waals surface area (Å²) < 4.78 is 5.79. The number of hydrogen-bond acceptors (Lipinski definition) is 5. The van der Waals surface area contributed by atoms with Crippen molar-refractivity contribution in [1.29, 1.82) is 0 Å². The fourth-order valence-corrected chi connectivity index (χ4v) is 2.29. The van der Waals surface area contributed by atoms with Crippen LogP contribution in [0.2, 0.25) is 0 Å². The molecule has 0 radical (unpaired) electrons. The summed E-state index contributed by atoms with van der Waals surface area (Å²) in [5.41, 5.74) is 4.74. The van der Waals surface area contributed by atoms with Crippen LogP contribution in [0.3, 0.4) is 0 Å². The number of anilines is 1. The van der Waals surface area contributed by atoms with Crippen molar-refractivity contribution in [3.8, 4) is 0 Å². The number of rotatable bonds is 6. The van der Waals surface area contributed by atoms with Crippen LogP contribution in [0.5, 0.6) is 0 Å². The molecular formula is C13H22N4O. The second-order valence-electron chi connectivity index (χ2n) is 4.71. The Labute approximate surface area is 108 Å². The first-order chi connectivity index (χ1) is 8.71. The van der Waals surface area contributed by atoms with E-state index in [9.17, 15) is 0 Å². The van der Waals surface area contributed by atoms with E-state index in [1.807, 2.05) is 13.8 Å². The van der Waals surface area contributed by atoms with E-state index in [2.05, 4.69) is 22.3 Å². The van der Waals surface area contributed by atoms with Gasteiger partial charge < -0.3 is 10.2 Å². The molecule has 0 aliphatic heterocycles. The average Bonchev–Trinajstić information content (AvgIpc) is 3.19. The molecule has 1 aliphatic carbocycles. The maximum atomic E-state index is 5.79. The third kappa shape index (κ3) is 2.62. The highest BCUT2D eigenvalue weighted by atomic mass is 16.5. The van der Waals surface area contributed by atoms with E-state index in [1.165, 1.54) is 12.8 Å². The summed E-state index contributed by atoms with van der Waals surface area (Å²) >= 11 is 0. The van der Waals surface area contributed by atoms with E-state index in [0.717, 1.165) is 29.3 Å². The van der Waals surface area contributed by atoms with Crippen LogP contribution in [-0.4, -0.2) is 16.6 Å². The third-order valence-electron chi connectivity index (χ3n) is 3.37. The van der Waals surface area contributed by atoms with E-state index in [1.54, 1.807) is 0 Å². The quantitative estimate of drug-likeness (QED) is 0.597. The van der Waals surface area contributed by atoms with Crippen LogP contribution in [0.1, 0.15) is 49.9 Å². The van der Waals surface area contributed by atoms with Crippen molar-refractivity contribution in [2.75, 3.05) is 12.0 Å². The predicted octanol–water partition coefficient (Wildman–Crippen LogP) is 2.12. The molecule has 18 heavy (non-hydrogen) atoms. The van der Waals surface area contributed by atoms with Crippen molar-refractivity contribution in [2.45, 2.75) is 46.1 Å². The van der Waals surface area contributed by atoms with Crippen molar-refractivity contribution in [3.63, 3.8) is 0 Å². The summed E-state index contributed by atoms with van der Waals surface area (Å²) in [4.78, 5) is 9.13. The Morgan fingerprint density at radius 2 is 2.11 bits per heavy atom. The zero-order chi connectivity index (χ0) is 13.1. The number of nitrogens with zero attached hydrogens (tertiary/aromatic N) is 2. The number of ether oxygens (including phenoxy) is 1. The van der Waals surface area contributed by atoms with Crippen molar-refractivity contribution >= 4 is 5.82 Å². The maximum Gasteiger partial charge on any atom is 0.160 e. The van der Waals surface area contributed by atoms with Crippen LogP contribution in [0.4, 0.5) is 5.82 Å². The highest BCUT2D eigenvalue weighted by Gasteiger charge is 2.35. The topological polar surface area (TPSA) is 73.1 Å². The van der Waals surface area contributed by atoms with Gasteiger partial charge in [0.15, 0.2) is 5.82 Å². The third-order valence-corrected chi connectivity index (χ3v) is 3.37. The first-order valence-electron chi connectivity index (χ1n) is 6.66. The summed E-state index contributed by atoms with van der Waals surface area (Å²) in [6, 6.07) is 0. The van der Waals surface area contributed by atoms with Crippen LogP contribution in [-0.2, 0) is 11.2 Å². The normalized spacial score (nSPS) is 16.7. The molecular weight excluding hydrogens is 228 g/mol. The lowest BCUT2D eigenvalue weighted by atomic mass is 10.1. The monoisotopic (exact) mass is 250 g/mol. The molecule has 0 aromatic carbocycles. The molecule has 1 aromatic heterocycles. The molecule has 2 rings (SSSR count). The van der Waals surface area contributed by atoms with Crippen LogP contribution >= 0.6 is 0 Å². The lowest BCUT2D eigenvalue weighted by Crippen LogP contribution is -2.18. The van der Waals surface area contributed by atoms with Crippen molar-refractivity contribution < 1.29 is 4.74 Å². The minimum Gasteiger partial charge on any atom is -0.370 e. The first kappa shape index (κ1) is 13.2. The van der Waals surface area contributed by atoms with Crippen molar-refractivity contribution in [1.82, 2.24) is 9.97 Å². The van der Waals surface area contributed by atoms with Gasteiger partial charge in [-0.1, -0.05) is 6.92 Å². The molecule has 3 N–H and O–H groups in total. The molecule has 1 heterocycles. The molecule has 100 valence electrons. The van der Waals surface area contributed by atoms with Gasteiger partial charge in [-0.25, -0.2) is 15.8 Å². The SMILES string of the molecule is CCOC(c1nc(C)c(CC)c(NN)n1)C1CC1. The van der Waals surface area contributed by atoms with Crippen molar-refractivity contribution in [2.24, 2.45) is 11.8 Å². The second kappa shape index (κ2) is 5.63. The van der Waals surface area contributed by atoms with Gasteiger partial charge in [0, 0.05) is 17.9 Å². The zero-order valence-corrected chi connectivity index (χ0v) is 11.4. The molecule has 1 atom stereocenters. The lowest BCUT2D eigenvalue weighted by molar-refractivity contribution is 0.0400. The average molecular weight is 250 g/mol. The largest absolute Gasteiger partial charge is 0.370 e. The summed E-state index contributed by atoms with van der Waals surface area (Å²) in [7, 11) is 0. The van der Waals surface area contributed by atoms with Gasteiger partial charge in [-0.15, -0.1) is 0 Å². The molecule has 5 heteroatoms. The molecule has 1 unspecified atom stereocenters. The maximum absolute atomic E-state index is 5.79. The minimum atomic E-state index is 0.0201. The van der Waals surface area contributed by atoms with Gasteiger partial charge in [-0.2, -0.15) is 0 Å². The number of aryl methyl sites for hydroxylation is 1. The number of nitrogens with one attached hydrogen (secondary N) is 1. The van der Waals surface area contributed by atoms with Gasteiger partial charge in [-0.05, 0) is 39.0 Å². The number of hydrogen-bond donors (Lipinski definition) is 2. The Hall–Kier alpha value is -1.20. The Balaban J connectivity index is 2.34. The summed E-state index contributed by atoms with van der Waals surface area (Å²) in [6.07, 6.45) is 3.29. The number of hydrazine groups is 1. The summed E-state index contributed by atoms with van der Waals surface area (Å²) in [6.45, 7) is 6.77. The summed E-state index contributed by atoms with van der Waals surface area (Å²) in [5.74, 6) is 7.61.